The fourth-order valence-corrected chi connectivity index (χ4v) is 3.81. The normalized spacial score (nSPS) is 10.8. The average molecular weight is 475 g/mol. The Hall–Kier alpha value is -4.40. The summed E-state index contributed by atoms with van der Waals surface area (Å²) in [6.45, 7) is 7.55. The lowest BCUT2D eigenvalue weighted by atomic mass is 10.1. The standard InChI is InChI=1S/C26H26N4O5/c1-4-29(5-2)19-13-12-17-14-20(26(33)35-22(17)15-19)24(31)28-23-21(25(32)34-6-3)16-27-30(23)18-10-8-7-9-11-18/h7-16H,4-6H2,1-3H3,(H,28,31). The van der Waals surface area contributed by atoms with Crippen LogP contribution in [-0.2, 0) is 4.74 Å². The number of para-hydroxylation sites is 1. The minimum atomic E-state index is -0.782. The zero-order valence-corrected chi connectivity index (χ0v) is 19.8. The highest BCUT2D eigenvalue weighted by Gasteiger charge is 2.24. The van der Waals surface area contributed by atoms with Gasteiger partial charge in [0.15, 0.2) is 5.82 Å². The van der Waals surface area contributed by atoms with E-state index in [4.69, 9.17) is 9.15 Å². The first-order valence-corrected chi connectivity index (χ1v) is 11.4. The van der Waals surface area contributed by atoms with Gasteiger partial charge in [0.25, 0.3) is 5.91 Å². The van der Waals surface area contributed by atoms with Crippen LogP contribution in [0.1, 0.15) is 41.5 Å². The Bertz CT molecular complexity index is 1420. The van der Waals surface area contributed by atoms with Crippen molar-refractivity contribution in [2.75, 3.05) is 29.9 Å². The number of benzene rings is 2. The maximum atomic E-state index is 13.2. The van der Waals surface area contributed by atoms with Crippen molar-refractivity contribution >= 4 is 34.4 Å². The molecule has 1 N–H and O–H groups in total. The molecule has 0 saturated heterocycles. The summed E-state index contributed by atoms with van der Waals surface area (Å²) in [7, 11) is 0. The van der Waals surface area contributed by atoms with Gasteiger partial charge in [0, 0.05) is 30.2 Å². The van der Waals surface area contributed by atoms with Crippen molar-refractivity contribution in [1.82, 2.24) is 9.78 Å². The Kier molecular flexibility index (Phi) is 6.96. The first-order chi connectivity index (χ1) is 17.0. The second-order valence-electron chi connectivity index (χ2n) is 7.67. The molecule has 0 radical (unpaired) electrons. The predicted molar refractivity (Wildman–Crippen MR) is 134 cm³/mol. The lowest BCUT2D eigenvalue weighted by Crippen LogP contribution is -2.24. The molecular formula is C26H26N4O5. The highest BCUT2D eigenvalue weighted by Crippen LogP contribution is 2.24. The van der Waals surface area contributed by atoms with Gasteiger partial charge in [0.1, 0.15) is 16.7 Å². The van der Waals surface area contributed by atoms with E-state index in [1.807, 2.05) is 26.0 Å². The second kappa shape index (κ2) is 10.3. The van der Waals surface area contributed by atoms with Crippen LogP contribution in [0.4, 0.5) is 11.5 Å². The predicted octanol–water partition coefficient (Wildman–Crippen LogP) is 4.25. The maximum Gasteiger partial charge on any atom is 0.349 e. The van der Waals surface area contributed by atoms with Gasteiger partial charge >= 0.3 is 11.6 Å². The van der Waals surface area contributed by atoms with E-state index in [9.17, 15) is 14.4 Å². The third-order valence-corrected chi connectivity index (χ3v) is 5.59. The number of aromatic nitrogens is 2. The van der Waals surface area contributed by atoms with Crippen molar-refractivity contribution in [3.05, 3.63) is 82.3 Å². The molecule has 1 amide bonds. The van der Waals surface area contributed by atoms with E-state index in [-0.39, 0.29) is 23.6 Å². The van der Waals surface area contributed by atoms with E-state index >= 15 is 0 Å². The summed E-state index contributed by atoms with van der Waals surface area (Å²) in [5.74, 6) is -1.27. The molecule has 4 rings (SSSR count). The summed E-state index contributed by atoms with van der Waals surface area (Å²) in [5.41, 5.74) is 1.02. The molecule has 0 fully saturated rings. The molecule has 0 spiro atoms. The summed E-state index contributed by atoms with van der Waals surface area (Å²) in [6, 6.07) is 16.0. The molecule has 0 bridgehead atoms. The third kappa shape index (κ3) is 4.79. The van der Waals surface area contributed by atoms with Gasteiger partial charge < -0.3 is 19.4 Å². The molecule has 35 heavy (non-hydrogen) atoms. The third-order valence-electron chi connectivity index (χ3n) is 5.59. The highest BCUT2D eigenvalue weighted by atomic mass is 16.5. The number of carbonyl (C=O) groups excluding carboxylic acids is 2. The number of hydrogen-bond acceptors (Lipinski definition) is 7. The minimum Gasteiger partial charge on any atom is -0.462 e. The minimum absolute atomic E-state index is 0.0677. The number of anilines is 2. The molecule has 4 aromatic rings. The number of carbonyl (C=O) groups is 2. The van der Waals surface area contributed by atoms with Gasteiger partial charge in [0.2, 0.25) is 0 Å². The number of ether oxygens (including phenoxy) is 1. The summed E-state index contributed by atoms with van der Waals surface area (Å²) < 4.78 is 12.0. The van der Waals surface area contributed by atoms with Crippen molar-refractivity contribution in [3.63, 3.8) is 0 Å². The Morgan fingerprint density at radius 1 is 1.03 bits per heavy atom. The Morgan fingerprint density at radius 2 is 1.77 bits per heavy atom. The van der Waals surface area contributed by atoms with Crippen LogP contribution in [0.3, 0.4) is 0 Å². The highest BCUT2D eigenvalue weighted by molar-refractivity contribution is 6.08. The van der Waals surface area contributed by atoms with Gasteiger partial charge in [-0.1, -0.05) is 18.2 Å². The number of esters is 1. The van der Waals surface area contributed by atoms with Crippen LogP contribution < -0.4 is 15.8 Å². The van der Waals surface area contributed by atoms with Crippen molar-refractivity contribution in [3.8, 4) is 5.69 Å². The Labute approximate surface area is 201 Å². The lowest BCUT2D eigenvalue weighted by molar-refractivity contribution is 0.0527. The summed E-state index contributed by atoms with van der Waals surface area (Å²) >= 11 is 0. The molecule has 0 saturated carbocycles. The molecule has 0 aliphatic heterocycles. The van der Waals surface area contributed by atoms with Crippen LogP contribution >= 0.6 is 0 Å². The summed E-state index contributed by atoms with van der Waals surface area (Å²) in [4.78, 5) is 40.6. The first-order valence-electron chi connectivity index (χ1n) is 11.4. The van der Waals surface area contributed by atoms with E-state index in [1.54, 1.807) is 43.3 Å². The Morgan fingerprint density at radius 3 is 2.46 bits per heavy atom. The maximum absolute atomic E-state index is 13.2. The van der Waals surface area contributed by atoms with Crippen molar-refractivity contribution in [2.45, 2.75) is 20.8 Å². The smallest absolute Gasteiger partial charge is 0.349 e. The van der Waals surface area contributed by atoms with Crippen molar-refractivity contribution in [1.29, 1.82) is 0 Å². The SMILES string of the molecule is CCOC(=O)c1cnn(-c2ccccc2)c1NC(=O)c1cc2ccc(N(CC)CC)cc2oc1=O. The van der Waals surface area contributed by atoms with E-state index in [0.29, 0.717) is 16.7 Å². The first kappa shape index (κ1) is 23.7. The summed E-state index contributed by atoms with van der Waals surface area (Å²) in [5, 5.41) is 7.51. The number of nitrogens with one attached hydrogen (secondary N) is 1. The van der Waals surface area contributed by atoms with Crippen LogP contribution in [0.2, 0.25) is 0 Å². The molecule has 0 aliphatic rings. The van der Waals surface area contributed by atoms with Gasteiger partial charge in [-0.15, -0.1) is 0 Å². The average Bonchev–Trinajstić information content (AvgIpc) is 3.28. The quantitative estimate of drug-likeness (QED) is 0.300. The van der Waals surface area contributed by atoms with Crippen LogP contribution in [0.25, 0.3) is 16.7 Å². The second-order valence-corrected chi connectivity index (χ2v) is 7.67. The van der Waals surface area contributed by atoms with E-state index in [1.165, 1.54) is 16.9 Å². The molecule has 0 aliphatic carbocycles. The van der Waals surface area contributed by atoms with Crippen LogP contribution in [0.5, 0.6) is 0 Å². The van der Waals surface area contributed by atoms with Crippen LogP contribution in [0.15, 0.2) is 70.0 Å². The molecule has 2 aromatic heterocycles. The molecule has 0 atom stereocenters. The number of nitrogens with zero attached hydrogens (tertiary/aromatic N) is 3. The number of rotatable bonds is 8. The molecular weight excluding hydrogens is 448 g/mol. The van der Waals surface area contributed by atoms with Gasteiger partial charge in [0.05, 0.1) is 18.5 Å². The molecule has 9 nitrogen and oxygen atoms in total. The zero-order valence-electron chi connectivity index (χ0n) is 19.8. The molecule has 0 unspecified atom stereocenters. The van der Waals surface area contributed by atoms with E-state index in [0.717, 1.165) is 18.8 Å². The molecule has 9 heteroatoms. The van der Waals surface area contributed by atoms with Gasteiger partial charge in [-0.2, -0.15) is 5.10 Å². The monoisotopic (exact) mass is 474 g/mol. The van der Waals surface area contributed by atoms with Gasteiger partial charge in [-0.05, 0) is 51.1 Å². The van der Waals surface area contributed by atoms with Crippen LogP contribution in [0, 0.1) is 0 Å². The Balaban J connectivity index is 1.72. The van der Waals surface area contributed by atoms with E-state index < -0.39 is 17.5 Å². The number of amides is 1. The summed E-state index contributed by atoms with van der Waals surface area (Å²) in [6.07, 6.45) is 1.32. The fraction of sp³-hybridized carbons (Fsp3) is 0.231. The molecule has 180 valence electrons. The largest absolute Gasteiger partial charge is 0.462 e. The topological polar surface area (TPSA) is 107 Å². The van der Waals surface area contributed by atoms with Gasteiger partial charge in [-0.25, -0.2) is 14.3 Å². The van der Waals surface area contributed by atoms with E-state index in [2.05, 4.69) is 15.3 Å². The van der Waals surface area contributed by atoms with Gasteiger partial charge in [-0.3, -0.25) is 4.79 Å². The van der Waals surface area contributed by atoms with Crippen molar-refractivity contribution < 1.29 is 18.7 Å². The lowest BCUT2D eigenvalue weighted by Gasteiger charge is -2.21. The van der Waals surface area contributed by atoms with Crippen LogP contribution in [-0.4, -0.2) is 41.4 Å². The molecule has 2 aromatic carbocycles. The zero-order chi connectivity index (χ0) is 24.9. The fourth-order valence-electron chi connectivity index (χ4n) is 3.81. The number of fused-ring (bicyclic) bond motifs is 1. The number of hydrogen-bond donors (Lipinski definition) is 1. The molecule has 2 heterocycles. The van der Waals surface area contributed by atoms with Crippen molar-refractivity contribution in [2.24, 2.45) is 0 Å².